The Bertz CT molecular complexity index is 302. The summed E-state index contributed by atoms with van der Waals surface area (Å²) in [5, 5.41) is 2.88. The van der Waals surface area contributed by atoms with E-state index in [2.05, 4.69) is 10.2 Å². The topological polar surface area (TPSA) is 67.6 Å². The van der Waals surface area contributed by atoms with Gasteiger partial charge in [-0.3, -0.25) is 0 Å². The van der Waals surface area contributed by atoms with Crippen molar-refractivity contribution in [2.75, 3.05) is 32.7 Å². The number of nitrogens with one attached hydrogen (secondary N) is 1. The highest BCUT2D eigenvalue weighted by Gasteiger charge is 2.23. The molecule has 0 spiro atoms. The van der Waals surface area contributed by atoms with Crippen molar-refractivity contribution in [3.05, 3.63) is 0 Å². The zero-order chi connectivity index (χ0) is 15.7. The third-order valence-electron chi connectivity index (χ3n) is 3.73. The smallest absolute Gasteiger partial charge is 0.407 e. The van der Waals surface area contributed by atoms with Crippen molar-refractivity contribution in [1.82, 2.24) is 10.2 Å². The minimum atomic E-state index is -0.421. The summed E-state index contributed by atoms with van der Waals surface area (Å²) in [6, 6.07) is 0. The number of alkyl carbamates (subject to hydrolysis) is 1. The van der Waals surface area contributed by atoms with Gasteiger partial charge in [0.2, 0.25) is 0 Å². The highest BCUT2D eigenvalue weighted by Crippen LogP contribution is 2.16. The number of carbonyl (C=O) groups excluding carboxylic acids is 1. The number of ether oxygens (including phenoxy) is 1. The lowest BCUT2D eigenvalue weighted by molar-refractivity contribution is 0.0519. The van der Waals surface area contributed by atoms with Gasteiger partial charge in [-0.2, -0.15) is 0 Å². The van der Waals surface area contributed by atoms with Gasteiger partial charge in [-0.15, -0.1) is 0 Å². The molecule has 1 heterocycles. The second-order valence-corrected chi connectivity index (χ2v) is 7.04. The van der Waals surface area contributed by atoms with Crippen molar-refractivity contribution >= 4 is 6.09 Å². The normalized spacial score (nSPS) is 19.7. The fourth-order valence-electron chi connectivity index (χ4n) is 2.66. The molecule has 1 atom stereocenters. The number of hydrogen-bond acceptors (Lipinski definition) is 4. The molecule has 1 fully saturated rings. The molecule has 0 saturated carbocycles. The van der Waals surface area contributed by atoms with Crippen LogP contribution in [0, 0.1) is 5.92 Å². The highest BCUT2D eigenvalue weighted by molar-refractivity contribution is 5.67. The van der Waals surface area contributed by atoms with E-state index in [0.29, 0.717) is 5.92 Å². The number of carbonyl (C=O) groups is 1. The quantitative estimate of drug-likeness (QED) is 0.675. The largest absolute Gasteiger partial charge is 0.444 e. The number of hydrogen-bond donors (Lipinski definition) is 2. The van der Waals surface area contributed by atoms with Crippen LogP contribution in [0.4, 0.5) is 4.79 Å². The molecule has 1 saturated heterocycles. The number of nitrogens with two attached hydrogens (primary N) is 1. The Hall–Kier alpha value is -0.810. The molecule has 21 heavy (non-hydrogen) atoms. The number of likely N-dealkylation sites (tertiary alicyclic amines) is 1. The summed E-state index contributed by atoms with van der Waals surface area (Å²) in [5.74, 6) is 0.557. The Morgan fingerprint density at radius 3 is 2.67 bits per heavy atom. The van der Waals surface area contributed by atoms with Gasteiger partial charge >= 0.3 is 6.09 Å². The third-order valence-corrected chi connectivity index (χ3v) is 3.73. The van der Waals surface area contributed by atoms with Gasteiger partial charge in [0, 0.05) is 13.1 Å². The van der Waals surface area contributed by atoms with Crippen LogP contribution in [0.25, 0.3) is 0 Å². The van der Waals surface area contributed by atoms with Crippen LogP contribution in [0.3, 0.4) is 0 Å². The van der Waals surface area contributed by atoms with Gasteiger partial charge in [0.15, 0.2) is 0 Å². The summed E-state index contributed by atoms with van der Waals surface area (Å²) >= 11 is 0. The van der Waals surface area contributed by atoms with Crippen LogP contribution in [0.1, 0.15) is 52.9 Å². The van der Waals surface area contributed by atoms with Crippen molar-refractivity contribution < 1.29 is 9.53 Å². The first-order valence-corrected chi connectivity index (χ1v) is 8.30. The van der Waals surface area contributed by atoms with E-state index in [1.54, 1.807) is 0 Å². The van der Waals surface area contributed by atoms with Gasteiger partial charge in [-0.25, -0.2) is 4.79 Å². The molecule has 3 N–H and O–H groups in total. The molecule has 0 unspecified atom stereocenters. The number of amides is 1. The fourth-order valence-corrected chi connectivity index (χ4v) is 2.66. The Morgan fingerprint density at radius 2 is 2.00 bits per heavy atom. The van der Waals surface area contributed by atoms with Gasteiger partial charge in [0.05, 0.1) is 0 Å². The molecule has 0 aromatic rings. The van der Waals surface area contributed by atoms with Crippen LogP contribution in [0.2, 0.25) is 0 Å². The van der Waals surface area contributed by atoms with Crippen LogP contribution in [0.5, 0.6) is 0 Å². The molecular formula is C16H33N3O2. The molecule has 0 aromatic carbocycles. The molecule has 0 bridgehead atoms. The van der Waals surface area contributed by atoms with Crippen LogP contribution < -0.4 is 11.1 Å². The van der Waals surface area contributed by atoms with E-state index in [1.165, 1.54) is 32.2 Å². The van der Waals surface area contributed by atoms with Crippen molar-refractivity contribution in [2.24, 2.45) is 11.7 Å². The molecule has 5 nitrogen and oxygen atoms in total. The van der Waals surface area contributed by atoms with Crippen molar-refractivity contribution in [1.29, 1.82) is 0 Å². The number of rotatable bonds is 8. The van der Waals surface area contributed by atoms with E-state index < -0.39 is 5.60 Å². The summed E-state index contributed by atoms with van der Waals surface area (Å²) in [6.07, 6.45) is 5.78. The Morgan fingerprint density at radius 1 is 1.29 bits per heavy atom. The Balaban J connectivity index is 2.07. The number of nitrogens with zero attached hydrogens (tertiary/aromatic N) is 1. The van der Waals surface area contributed by atoms with E-state index in [9.17, 15) is 4.79 Å². The Kier molecular flexibility index (Phi) is 8.04. The fraction of sp³-hybridized carbons (Fsp3) is 0.938. The molecule has 5 heteroatoms. The molecule has 1 rings (SSSR count). The van der Waals surface area contributed by atoms with E-state index in [0.717, 1.165) is 32.6 Å². The maximum atomic E-state index is 11.6. The third kappa shape index (κ3) is 8.94. The van der Waals surface area contributed by atoms with Gasteiger partial charge in [0.25, 0.3) is 0 Å². The maximum Gasteiger partial charge on any atom is 0.407 e. The van der Waals surface area contributed by atoms with E-state index >= 15 is 0 Å². The Labute approximate surface area is 129 Å². The first-order valence-electron chi connectivity index (χ1n) is 8.30. The first-order chi connectivity index (χ1) is 9.90. The monoisotopic (exact) mass is 299 g/mol. The predicted octanol–water partition coefficient (Wildman–Crippen LogP) is 2.35. The summed E-state index contributed by atoms with van der Waals surface area (Å²) < 4.78 is 5.25. The van der Waals surface area contributed by atoms with Crippen LogP contribution in [-0.4, -0.2) is 49.3 Å². The summed E-state index contributed by atoms with van der Waals surface area (Å²) in [4.78, 5) is 14.1. The standard InChI is InChI=1S/C16H33N3O2/c1-16(2,3)21-15(20)18-12-14-8-11-19(13-14)10-7-5-4-6-9-17/h14H,4-13,17H2,1-3H3,(H,18,20)/t14-/m1/s1. The molecule has 1 aliphatic rings. The van der Waals surface area contributed by atoms with Gasteiger partial charge < -0.3 is 20.7 Å². The van der Waals surface area contributed by atoms with Gasteiger partial charge in [-0.05, 0) is 65.6 Å². The molecule has 1 amide bonds. The van der Waals surface area contributed by atoms with E-state index in [1.807, 2.05) is 20.8 Å². The van der Waals surface area contributed by atoms with Crippen LogP contribution >= 0.6 is 0 Å². The van der Waals surface area contributed by atoms with E-state index in [4.69, 9.17) is 10.5 Å². The van der Waals surface area contributed by atoms with Crippen molar-refractivity contribution in [3.63, 3.8) is 0 Å². The second-order valence-electron chi connectivity index (χ2n) is 7.04. The first kappa shape index (κ1) is 18.2. The zero-order valence-electron chi connectivity index (χ0n) is 14.0. The van der Waals surface area contributed by atoms with Gasteiger partial charge in [-0.1, -0.05) is 12.8 Å². The summed E-state index contributed by atoms with van der Waals surface area (Å²) in [7, 11) is 0. The minimum Gasteiger partial charge on any atom is -0.444 e. The lowest BCUT2D eigenvalue weighted by atomic mass is 10.1. The van der Waals surface area contributed by atoms with Crippen molar-refractivity contribution in [2.45, 2.75) is 58.5 Å². The molecule has 0 aromatic heterocycles. The number of unbranched alkanes of at least 4 members (excludes halogenated alkanes) is 3. The summed E-state index contributed by atoms with van der Waals surface area (Å²) in [6.45, 7) is 10.6. The SMILES string of the molecule is CC(C)(C)OC(=O)NC[C@H]1CCN(CCCCCCN)C1. The summed E-state index contributed by atoms with van der Waals surface area (Å²) in [5.41, 5.74) is 5.07. The molecule has 1 aliphatic heterocycles. The van der Waals surface area contributed by atoms with Crippen LogP contribution in [-0.2, 0) is 4.74 Å². The van der Waals surface area contributed by atoms with E-state index in [-0.39, 0.29) is 6.09 Å². The van der Waals surface area contributed by atoms with Crippen molar-refractivity contribution in [3.8, 4) is 0 Å². The minimum absolute atomic E-state index is 0.303. The molecule has 0 radical (unpaired) electrons. The molecular weight excluding hydrogens is 266 g/mol. The molecule has 124 valence electrons. The molecule has 0 aliphatic carbocycles. The lowest BCUT2D eigenvalue weighted by Crippen LogP contribution is -2.36. The highest BCUT2D eigenvalue weighted by atomic mass is 16.6. The predicted molar refractivity (Wildman–Crippen MR) is 86.3 cm³/mol. The maximum absolute atomic E-state index is 11.6. The van der Waals surface area contributed by atoms with Crippen LogP contribution in [0.15, 0.2) is 0 Å². The lowest BCUT2D eigenvalue weighted by Gasteiger charge is -2.21. The average molecular weight is 299 g/mol. The zero-order valence-corrected chi connectivity index (χ0v) is 14.0. The average Bonchev–Trinajstić information content (AvgIpc) is 2.82. The van der Waals surface area contributed by atoms with Gasteiger partial charge in [0.1, 0.15) is 5.60 Å². The second kappa shape index (κ2) is 9.26.